The fraction of sp³-hybridized carbons (Fsp3) is 0.100. The number of nitrogens with two attached hydrogens (primary N) is 1. The molecule has 0 aromatic heterocycles. The lowest BCUT2D eigenvalue weighted by molar-refractivity contribution is 0.0691. The molecule has 0 unspecified atom stereocenters. The molecule has 1 rings (SSSR count). The molecule has 0 bridgehead atoms. The van der Waals surface area contributed by atoms with Crippen LogP contribution in [-0.4, -0.2) is 28.8 Å². The molecule has 0 saturated heterocycles. The topological polar surface area (TPSA) is 98.9 Å². The second-order valence-electron chi connectivity index (χ2n) is 2.91. The fourth-order valence-corrected chi connectivity index (χ4v) is 1.04. The largest absolute Gasteiger partial charge is 0.514 e. The summed E-state index contributed by atoms with van der Waals surface area (Å²) >= 11 is 4.50. The molecule has 0 amide bonds. The zero-order chi connectivity index (χ0) is 12.8. The highest BCUT2D eigenvalue weighted by Gasteiger charge is 2.14. The van der Waals surface area contributed by atoms with Gasteiger partial charge in [-0.25, -0.2) is 9.59 Å². The number of carbonyl (C=O) groups is 2. The molecular weight excluding hydrogens is 246 g/mol. The molecule has 17 heavy (non-hydrogen) atoms. The Bertz CT molecular complexity index is 460. The summed E-state index contributed by atoms with van der Waals surface area (Å²) < 4.78 is 9.22. The van der Waals surface area contributed by atoms with Crippen molar-refractivity contribution in [3.8, 4) is 5.75 Å². The van der Waals surface area contributed by atoms with Gasteiger partial charge in [0.15, 0.2) is 0 Å². The number of carboxylic acids is 1. The minimum absolute atomic E-state index is 0.00605. The van der Waals surface area contributed by atoms with Crippen LogP contribution in [-0.2, 0) is 4.74 Å². The number of aromatic carboxylic acids is 1. The Labute approximate surface area is 102 Å². The molecule has 0 fully saturated rings. The lowest BCUT2D eigenvalue weighted by Crippen LogP contribution is -2.21. The molecule has 3 N–H and O–H groups in total. The van der Waals surface area contributed by atoms with E-state index in [1.807, 2.05) is 0 Å². The molecule has 6 nitrogen and oxygen atoms in total. The summed E-state index contributed by atoms with van der Waals surface area (Å²) in [6.45, 7) is -0.261. The number of benzene rings is 1. The van der Waals surface area contributed by atoms with Crippen LogP contribution >= 0.6 is 12.2 Å². The van der Waals surface area contributed by atoms with Crippen molar-refractivity contribution in [2.75, 3.05) is 6.61 Å². The third-order valence-corrected chi connectivity index (χ3v) is 1.76. The van der Waals surface area contributed by atoms with Crippen LogP contribution in [0.3, 0.4) is 0 Å². The standard InChI is InChI=1S/C10H9NO5S/c11-8(17)5-15-10(14)16-7-4-2-1-3-6(7)9(12)13/h1-4H,5H2,(H2,11,17)(H,12,13). The van der Waals surface area contributed by atoms with E-state index in [0.717, 1.165) is 0 Å². The lowest BCUT2D eigenvalue weighted by atomic mass is 10.2. The van der Waals surface area contributed by atoms with Gasteiger partial charge in [-0.15, -0.1) is 0 Å². The van der Waals surface area contributed by atoms with Gasteiger partial charge in [0.1, 0.15) is 22.9 Å². The number of hydrogen-bond acceptors (Lipinski definition) is 5. The van der Waals surface area contributed by atoms with E-state index in [1.54, 1.807) is 0 Å². The van der Waals surface area contributed by atoms with Crippen molar-refractivity contribution in [2.45, 2.75) is 0 Å². The monoisotopic (exact) mass is 255 g/mol. The molecule has 0 aliphatic rings. The van der Waals surface area contributed by atoms with E-state index in [2.05, 4.69) is 17.0 Å². The molecule has 1 aromatic rings. The Kier molecular flexibility index (Phi) is 4.41. The van der Waals surface area contributed by atoms with Crippen LogP contribution in [0.2, 0.25) is 0 Å². The van der Waals surface area contributed by atoms with E-state index in [4.69, 9.17) is 15.6 Å². The summed E-state index contributed by atoms with van der Waals surface area (Å²) in [5, 5.41) is 8.82. The number of para-hydroxylation sites is 1. The van der Waals surface area contributed by atoms with Gasteiger partial charge in [0.25, 0.3) is 0 Å². The highest BCUT2D eigenvalue weighted by atomic mass is 32.1. The van der Waals surface area contributed by atoms with Gasteiger partial charge in [0.2, 0.25) is 0 Å². The first kappa shape index (κ1) is 12.9. The predicted molar refractivity (Wildman–Crippen MR) is 62.2 cm³/mol. The number of rotatable bonds is 4. The van der Waals surface area contributed by atoms with E-state index < -0.39 is 12.1 Å². The molecule has 0 saturated carbocycles. The molecule has 0 heterocycles. The average molecular weight is 255 g/mol. The Morgan fingerprint density at radius 3 is 2.59 bits per heavy atom. The smallest absolute Gasteiger partial charge is 0.478 e. The van der Waals surface area contributed by atoms with Crippen LogP contribution in [0.5, 0.6) is 5.75 Å². The Morgan fingerprint density at radius 2 is 2.00 bits per heavy atom. The molecule has 0 aliphatic carbocycles. The minimum atomic E-state index is -1.21. The third kappa shape index (κ3) is 4.07. The highest BCUT2D eigenvalue weighted by Crippen LogP contribution is 2.18. The minimum Gasteiger partial charge on any atom is -0.478 e. The summed E-state index contributed by atoms with van der Waals surface area (Å²) in [6.07, 6.45) is -1.06. The molecule has 7 heteroatoms. The van der Waals surface area contributed by atoms with E-state index in [1.165, 1.54) is 24.3 Å². The van der Waals surface area contributed by atoms with E-state index >= 15 is 0 Å². The molecule has 90 valence electrons. The van der Waals surface area contributed by atoms with Crippen molar-refractivity contribution in [3.63, 3.8) is 0 Å². The molecule has 0 atom stereocenters. The second kappa shape index (κ2) is 5.80. The number of thiocarbonyl (C=S) groups is 1. The van der Waals surface area contributed by atoms with Crippen molar-refractivity contribution >= 4 is 29.3 Å². The quantitative estimate of drug-likeness (QED) is 0.473. The number of carboxylic acid groups (broad SMARTS) is 1. The van der Waals surface area contributed by atoms with Gasteiger partial charge in [-0.1, -0.05) is 24.4 Å². The second-order valence-corrected chi connectivity index (χ2v) is 3.43. The maximum Gasteiger partial charge on any atom is 0.514 e. The van der Waals surface area contributed by atoms with Crippen molar-refractivity contribution < 1.29 is 24.2 Å². The lowest BCUT2D eigenvalue weighted by Gasteiger charge is -2.07. The van der Waals surface area contributed by atoms with Crippen molar-refractivity contribution in [1.82, 2.24) is 0 Å². The molecule has 0 aliphatic heterocycles. The fourth-order valence-electron chi connectivity index (χ4n) is 0.982. The van der Waals surface area contributed by atoms with E-state index in [-0.39, 0.29) is 22.9 Å². The van der Waals surface area contributed by atoms with Gasteiger partial charge in [-0.2, -0.15) is 0 Å². The summed E-state index contributed by atoms with van der Waals surface area (Å²) in [7, 11) is 0. The normalized spacial score (nSPS) is 9.41. The average Bonchev–Trinajstić information content (AvgIpc) is 2.27. The van der Waals surface area contributed by atoms with Crippen LogP contribution in [0.4, 0.5) is 4.79 Å². The zero-order valence-electron chi connectivity index (χ0n) is 8.58. The van der Waals surface area contributed by atoms with Crippen LogP contribution in [0, 0.1) is 0 Å². The first-order valence-corrected chi connectivity index (χ1v) is 4.86. The number of ether oxygens (including phenoxy) is 2. The molecule has 0 spiro atoms. The summed E-state index contributed by atoms with van der Waals surface area (Å²) in [4.78, 5) is 21.9. The van der Waals surface area contributed by atoms with Crippen LogP contribution in [0.15, 0.2) is 24.3 Å². The molecule has 0 radical (unpaired) electrons. The highest BCUT2D eigenvalue weighted by molar-refractivity contribution is 7.80. The van der Waals surface area contributed by atoms with E-state index in [0.29, 0.717) is 0 Å². The Balaban J connectivity index is 2.71. The summed E-state index contributed by atoms with van der Waals surface area (Å²) in [5.41, 5.74) is 4.98. The van der Waals surface area contributed by atoms with Crippen LogP contribution in [0.25, 0.3) is 0 Å². The predicted octanol–water partition coefficient (Wildman–Crippen LogP) is 1.19. The van der Waals surface area contributed by atoms with Gasteiger partial charge in [-0.05, 0) is 12.1 Å². The molecular formula is C10H9NO5S. The van der Waals surface area contributed by atoms with Crippen molar-refractivity contribution in [1.29, 1.82) is 0 Å². The SMILES string of the molecule is NC(=S)COC(=O)Oc1ccccc1C(=O)O. The van der Waals surface area contributed by atoms with Gasteiger partial charge in [0.05, 0.1) is 0 Å². The Hall–Kier alpha value is -2.15. The Morgan fingerprint density at radius 1 is 1.35 bits per heavy atom. The van der Waals surface area contributed by atoms with Gasteiger partial charge >= 0.3 is 12.1 Å². The maximum absolute atomic E-state index is 11.1. The molecule has 1 aromatic carbocycles. The van der Waals surface area contributed by atoms with E-state index in [9.17, 15) is 9.59 Å². The number of hydrogen-bond donors (Lipinski definition) is 2. The van der Waals surface area contributed by atoms with Gasteiger partial charge in [-0.3, -0.25) is 0 Å². The van der Waals surface area contributed by atoms with Gasteiger partial charge < -0.3 is 20.3 Å². The van der Waals surface area contributed by atoms with Crippen LogP contribution < -0.4 is 10.5 Å². The summed E-state index contributed by atoms with van der Waals surface area (Å²) in [5.74, 6) is -1.31. The first-order valence-electron chi connectivity index (χ1n) is 4.46. The van der Waals surface area contributed by atoms with Crippen molar-refractivity contribution in [2.24, 2.45) is 5.73 Å². The summed E-state index contributed by atoms with van der Waals surface area (Å²) in [6, 6.07) is 5.68. The maximum atomic E-state index is 11.1. The zero-order valence-corrected chi connectivity index (χ0v) is 9.40. The van der Waals surface area contributed by atoms with Gasteiger partial charge in [0, 0.05) is 0 Å². The third-order valence-electron chi connectivity index (χ3n) is 1.64. The van der Waals surface area contributed by atoms with Crippen LogP contribution in [0.1, 0.15) is 10.4 Å². The van der Waals surface area contributed by atoms with Crippen molar-refractivity contribution in [3.05, 3.63) is 29.8 Å². The number of carbonyl (C=O) groups excluding carboxylic acids is 1. The first-order chi connectivity index (χ1) is 8.00.